The lowest BCUT2D eigenvalue weighted by Gasteiger charge is -2.51. The molecular weight excluding hydrogens is 312 g/mol. The van der Waals surface area contributed by atoms with Gasteiger partial charge in [-0.1, -0.05) is 46.4 Å². The largest absolute Gasteiger partial charge is 0.489 e. The van der Waals surface area contributed by atoms with Crippen molar-refractivity contribution in [1.29, 1.82) is 0 Å². The molecule has 2 unspecified atom stereocenters. The van der Waals surface area contributed by atoms with E-state index in [1.54, 1.807) is 0 Å². The lowest BCUT2D eigenvalue weighted by Crippen LogP contribution is -2.55. The molecule has 18 heavy (non-hydrogen) atoms. The van der Waals surface area contributed by atoms with Crippen molar-refractivity contribution in [2.24, 2.45) is 5.41 Å². The van der Waals surface area contributed by atoms with Crippen LogP contribution in [0.25, 0.3) is 0 Å². The Morgan fingerprint density at radius 1 is 1.33 bits per heavy atom. The van der Waals surface area contributed by atoms with E-state index in [9.17, 15) is 0 Å². The molecule has 98 valence electrons. The normalized spacial score (nSPS) is 29.3. The van der Waals surface area contributed by atoms with Crippen molar-refractivity contribution in [2.75, 3.05) is 0 Å². The molecule has 3 heteroatoms. The molecule has 1 nitrogen and oxygen atoms in total. The average Bonchev–Trinajstić information content (AvgIpc) is 2.85. The van der Waals surface area contributed by atoms with Crippen LogP contribution < -0.4 is 4.74 Å². The average molecular weight is 330 g/mol. The van der Waals surface area contributed by atoms with E-state index >= 15 is 0 Å². The number of rotatable bonds is 2. The van der Waals surface area contributed by atoms with E-state index in [-0.39, 0.29) is 0 Å². The second-order valence-electron chi connectivity index (χ2n) is 5.66. The third kappa shape index (κ3) is 1.98. The number of benzene rings is 1. The lowest BCUT2D eigenvalue weighted by molar-refractivity contribution is -0.0307. The lowest BCUT2D eigenvalue weighted by atomic mass is 9.64. The summed E-state index contributed by atoms with van der Waals surface area (Å²) in [5.41, 5.74) is 1.56. The molecule has 0 radical (unpaired) electrons. The molecule has 0 heterocycles. The van der Waals surface area contributed by atoms with Crippen LogP contribution in [0.4, 0.5) is 0 Å². The predicted molar refractivity (Wildman–Crippen MR) is 78.8 cm³/mol. The third-order valence-corrected chi connectivity index (χ3v) is 6.16. The number of halogens is 2. The summed E-state index contributed by atoms with van der Waals surface area (Å²) >= 11 is 9.88. The van der Waals surface area contributed by atoms with Gasteiger partial charge in [-0.05, 0) is 43.9 Å². The molecule has 0 saturated heterocycles. The molecule has 2 atom stereocenters. The van der Waals surface area contributed by atoms with Gasteiger partial charge >= 0.3 is 0 Å². The molecule has 2 aliphatic rings. The van der Waals surface area contributed by atoms with Crippen molar-refractivity contribution in [2.45, 2.75) is 50.0 Å². The maximum Gasteiger partial charge on any atom is 0.124 e. The van der Waals surface area contributed by atoms with Crippen LogP contribution in [0.3, 0.4) is 0 Å². The summed E-state index contributed by atoms with van der Waals surface area (Å²) in [6.45, 7) is 2.08. The fourth-order valence-corrected chi connectivity index (χ4v) is 4.64. The molecule has 1 aromatic carbocycles. The summed E-state index contributed by atoms with van der Waals surface area (Å²) < 4.78 is 6.26. The van der Waals surface area contributed by atoms with Crippen LogP contribution in [-0.4, -0.2) is 10.9 Å². The van der Waals surface area contributed by atoms with Crippen LogP contribution in [0.1, 0.15) is 37.7 Å². The van der Waals surface area contributed by atoms with E-state index in [1.165, 1.54) is 31.2 Å². The summed E-state index contributed by atoms with van der Waals surface area (Å²) in [5, 5.41) is 0.755. The monoisotopic (exact) mass is 328 g/mol. The first-order valence-electron chi connectivity index (χ1n) is 6.69. The van der Waals surface area contributed by atoms with Gasteiger partial charge in [-0.2, -0.15) is 0 Å². The Bertz CT molecular complexity index is 454. The maximum atomic E-state index is 6.26. The fourth-order valence-electron chi connectivity index (χ4n) is 3.39. The minimum Gasteiger partial charge on any atom is -0.489 e. The molecule has 2 saturated carbocycles. The molecule has 0 aromatic heterocycles. The first kappa shape index (κ1) is 12.8. The number of alkyl halides is 1. The standard InChI is InChI=1S/C15H18BrClO/c1-10-4-5-11(17)8-12(10)18-14-9-13(16)15(14)6-2-3-7-15/h4-5,8,13-14H,2-3,6-7,9H2,1H3. The zero-order valence-corrected chi connectivity index (χ0v) is 12.9. The van der Waals surface area contributed by atoms with Gasteiger partial charge in [0.2, 0.25) is 0 Å². The van der Waals surface area contributed by atoms with Gasteiger partial charge in [0.15, 0.2) is 0 Å². The van der Waals surface area contributed by atoms with Crippen molar-refractivity contribution >= 4 is 27.5 Å². The zero-order chi connectivity index (χ0) is 12.8. The maximum absolute atomic E-state index is 6.26. The van der Waals surface area contributed by atoms with Gasteiger partial charge in [0.1, 0.15) is 11.9 Å². The van der Waals surface area contributed by atoms with Crippen LogP contribution in [0, 0.1) is 12.3 Å². The molecule has 3 rings (SSSR count). The summed E-state index contributed by atoms with van der Waals surface area (Å²) in [6.07, 6.45) is 6.76. The van der Waals surface area contributed by atoms with Crippen molar-refractivity contribution in [3.05, 3.63) is 28.8 Å². The van der Waals surface area contributed by atoms with Crippen LogP contribution in [0.15, 0.2) is 18.2 Å². The SMILES string of the molecule is Cc1ccc(Cl)cc1OC1CC(Br)C12CCCC2. The van der Waals surface area contributed by atoms with Gasteiger partial charge in [-0.3, -0.25) is 0 Å². The van der Waals surface area contributed by atoms with Crippen LogP contribution in [0.2, 0.25) is 5.02 Å². The second-order valence-corrected chi connectivity index (χ2v) is 7.20. The van der Waals surface area contributed by atoms with Gasteiger partial charge in [-0.15, -0.1) is 0 Å². The summed E-state index contributed by atoms with van der Waals surface area (Å²) in [7, 11) is 0. The Kier molecular flexibility index (Phi) is 3.36. The van der Waals surface area contributed by atoms with Crippen LogP contribution >= 0.6 is 27.5 Å². The van der Waals surface area contributed by atoms with Crippen molar-refractivity contribution in [3.63, 3.8) is 0 Å². The first-order chi connectivity index (χ1) is 8.62. The second kappa shape index (κ2) is 4.72. The van der Waals surface area contributed by atoms with E-state index in [2.05, 4.69) is 22.9 Å². The van der Waals surface area contributed by atoms with Crippen LogP contribution in [-0.2, 0) is 0 Å². The number of ether oxygens (including phenoxy) is 1. The van der Waals surface area contributed by atoms with Gasteiger partial charge in [0.05, 0.1) is 0 Å². The highest BCUT2D eigenvalue weighted by molar-refractivity contribution is 9.09. The third-order valence-electron chi connectivity index (χ3n) is 4.64. The number of aryl methyl sites for hydroxylation is 1. The molecule has 1 spiro atoms. The topological polar surface area (TPSA) is 9.23 Å². The minimum absolute atomic E-state index is 0.363. The van der Waals surface area contributed by atoms with E-state index in [1.807, 2.05) is 18.2 Å². The molecule has 1 aromatic rings. The van der Waals surface area contributed by atoms with E-state index in [0.717, 1.165) is 17.2 Å². The van der Waals surface area contributed by atoms with Crippen LogP contribution in [0.5, 0.6) is 5.75 Å². The number of hydrogen-bond acceptors (Lipinski definition) is 1. The minimum atomic E-state index is 0.363. The molecule has 0 bridgehead atoms. The van der Waals surface area contributed by atoms with E-state index in [4.69, 9.17) is 16.3 Å². The Morgan fingerprint density at radius 2 is 2.06 bits per heavy atom. The van der Waals surface area contributed by atoms with E-state index < -0.39 is 0 Å². The zero-order valence-electron chi connectivity index (χ0n) is 10.6. The Balaban J connectivity index is 1.79. The summed E-state index contributed by atoms with van der Waals surface area (Å²) in [4.78, 5) is 0.636. The summed E-state index contributed by atoms with van der Waals surface area (Å²) in [6, 6.07) is 5.90. The van der Waals surface area contributed by atoms with Crippen molar-refractivity contribution in [3.8, 4) is 5.75 Å². The van der Waals surface area contributed by atoms with Gasteiger partial charge in [0, 0.05) is 15.3 Å². The molecular formula is C15H18BrClO. The highest BCUT2D eigenvalue weighted by Crippen LogP contribution is 2.57. The predicted octanol–water partition coefficient (Wildman–Crippen LogP) is 5.12. The fraction of sp³-hybridized carbons (Fsp3) is 0.600. The highest BCUT2D eigenvalue weighted by atomic mass is 79.9. The Morgan fingerprint density at radius 3 is 2.72 bits per heavy atom. The quantitative estimate of drug-likeness (QED) is 0.684. The Labute approximate surface area is 122 Å². The highest BCUT2D eigenvalue weighted by Gasteiger charge is 2.56. The molecule has 2 fully saturated rings. The van der Waals surface area contributed by atoms with Gasteiger partial charge < -0.3 is 4.74 Å². The van der Waals surface area contributed by atoms with Gasteiger partial charge in [0.25, 0.3) is 0 Å². The molecule has 0 N–H and O–H groups in total. The van der Waals surface area contributed by atoms with Crippen molar-refractivity contribution < 1.29 is 4.74 Å². The Hall–Kier alpha value is -0.210. The molecule has 0 aliphatic heterocycles. The molecule has 0 amide bonds. The van der Waals surface area contributed by atoms with Crippen molar-refractivity contribution in [1.82, 2.24) is 0 Å². The van der Waals surface area contributed by atoms with Gasteiger partial charge in [-0.25, -0.2) is 0 Å². The number of hydrogen-bond donors (Lipinski definition) is 0. The summed E-state index contributed by atoms with van der Waals surface area (Å²) in [5.74, 6) is 0.957. The first-order valence-corrected chi connectivity index (χ1v) is 7.98. The molecule has 2 aliphatic carbocycles. The smallest absolute Gasteiger partial charge is 0.124 e. The van der Waals surface area contributed by atoms with E-state index in [0.29, 0.717) is 16.3 Å².